The number of nitrogens with two attached hydrogens (primary N) is 1. The molecule has 0 unspecified atom stereocenters. The molecule has 0 bridgehead atoms. The van der Waals surface area contributed by atoms with E-state index in [1.165, 1.54) is 0 Å². The highest BCUT2D eigenvalue weighted by Gasteiger charge is 2.14. The third-order valence-electron chi connectivity index (χ3n) is 1.60. The summed E-state index contributed by atoms with van der Waals surface area (Å²) < 4.78 is 0. The Morgan fingerprint density at radius 1 is 1.50 bits per heavy atom. The summed E-state index contributed by atoms with van der Waals surface area (Å²) in [6.45, 7) is 6.00. The fourth-order valence-corrected chi connectivity index (χ4v) is 1.05. The first kappa shape index (κ1) is 8.84. The lowest BCUT2D eigenvalue weighted by atomic mass is 10.0. The quantitative estimate of drug-likeness (QED) is 0.565. The van der Waals surface area contributed by atoms with Crippen LogP contribution in [0, 0.1) is 0 Å². The van der Waals surface area contributed by atoms with Crippen molar-refractivity contribution < 1.29 is 0 Å². The molecule has 66 valence electrons. The summed E-state index contributed by atoms with van der Waals surface area (Å²) in [5, 5.41) is 3.09. The first-order valence-electron chi connectivity index (χ1n) is 3.98. The lowest BCUT2D eigenvalue weighted by Crippen LogP contribution is -2.46. The van der Waals surface area contributed by atoms with Gasteiger partial charge in [0.1, 0.15) is 0 Å². The first-order valence-corrected chi connectivity index (χ1v) is 3.98. The maximum Gasteiger partial charge on any atom is 0.194 e. The smallest absolute Gasteiger partial charge is 0.194 e. The maximum atomic E-state index is 5.63. The maximum absolute atomic E-state index is 5.63. The number of rotatable bonds is 0. The summed E-state index contributed by atoms with van der Waals surface area (Å²) in [5.74, 6) is 0.470. The van der Waals surface area contributed by atoms with Gasteiger partial charge in [0.05, 0.1) is 5.54 Å². The predicted molar refractivity (Wildman–Crippen MR) is 51.7 cm³/mol. The van der Waals surface area contributed by atoms with Gasteiger partial charge in [-0.15, -0.1) is 0 Å². The molecule has 3 N–H and O–H groups in total. The van der Waals surface area contributed by atoms with Crippen LogP contribution in [-0.2, 0) is 0 Å². The molecule has 0 spiro atoms. The number of nitrogens with zero attached hydrogens (tertiary/aromatic N) is 1. The number of allylic oxidation sites excluding steroid dienone is 3. The van der Waals surface area contributed by atoms with Crippen molar-refractivity contribution in [3.63, 3.8) is 0 Å². The van der Waals surface area contributed by atoms with Crippen molar-refractivity contribution in [2.45, 2.75) is 26.3 Å². The third-order valence-corrected chi connectivity index (χ3v) is 1.60. The number of nitrogens with one attached hydrogen (secondary N) is 1. The Morgan fingerprint density at radius 3 is 2.83 bits per heavy atom. The Hall–Kier alpha value is -1.25. The Bertz CT molecular complexity index is 259. The Labute approximate surface area is 73.1 Å². The van der Waals surface area contributed by atoms with Gasteiger partial charge in [-0.3, -0.25) is 0 Å². The van der Waals surface area contributed by atoms with E-state index in [1.54, 1.807) is 0 Å². The van der Waals surface area contributed by atoms with Crippen molar-refractivity contribution in [2.75, 3.05) is 0 Å². The molecule has 0 aromatic rings. The van der Waals surface area contributed by atoms with Gasteiger partial charge in [-0.2, -0.15) is 0 Å². The van der Waals surface area contributed by atoms with Crippen molar-refractivity contribution in [1.82, 2.24) is 5.32 Å². The highest BCUT2D eigenvalue weighted by molar-refractivity contribution is 5.80. The molecule has 0 aliphatic carbocycles. The highest BCUT2D eigenvalue weighted by Crippen LogP contribution is 2.07. The van der Waals surface area contributed by atoms with Gasteiger partial charge in [0.2, 0.25) is 0 Å². The van der Waals surface area contributed by atoms with Crippen LogP contribution in [0.25, 0.3) is 0 Å². The van der Waals surface area contributed by atoms with Gasteiger partial charge in [-0.25, -0.2) is 4.99 Å². The Morgan fingerprint density at radius 2 is 2.17 bits per heavy atom. The van der Waals surface area contributed by atoms with Gasteiger partial charge < -0.3 is 11.1 Å². The van der Waals surface area contributed by atoms with Crippen LogP contribution in [0.3, 0.4) is 0 Å². The topological polar surface area (TPSA) is 50.4 Å². The van der Waals surface area contributed by atoms with Crippen LogP contribution in [0.2, 0.25) is 0 Å². The summed E-state index contributed by atoms with van der Waals surface area (Å²) in [6.07, 6.45) is 5.98. The lowest BCUT2D eigenvalue weighted by Gasteiger charge is -2.23. The number of aliphatic imine (C=N–C) groups is 1. The number of hydrogen-bond donors (Lipinski definition) is 2. The normalized spacial score (nSPS) is 32.9. The molecule has 12 heavy (non-hydrogen) atoms. The standard InChI is InChI=1S/C9H15N3/c1-7-5-4-6-9(2,3)12-8(10)11-7/h4-6H,1-3H3,(H3,10,11,12)/b6-4+,7-5+. The van der Waals surface area contributed by atoms with Crippen molar-refractivity contribution >= 4 is 5.96 Å². The minimum Gasteiger partial charge on any atom is -0.370 e. The predicted octanol–water partition coefficient (Wildman–Crippen LogP) is 1.14. The zero-order chi connectivity index (χ0) is 9.19. The van der Waals surface area contributed by atoms with Crippen LogP contribution in [0.1, 0.15) is 20.8 Å². The third kappa shape index (κ3) is 2.42. The molecule has 0 atom stereocenters. The molecular weight excluding hydrogens is 150 g/mol. The van der Waals surface area contributed by atoms with Crippen LogP contribution in [0.5, 0.6) is 0 Å². The number of guanidine groups is 1. The van der Waals surface area contributed by atoms with E-state index in [9.17, 15) is 0 Å². The summed E-state index contributed by atoms with van der Waals surface area (Å²) in [7, 11) is 0. The minimum atomic E-state index is -0.120. The van der Waals surface area contributed by atoms with E-state index < -0.39 is 0 Å². The fourth-order valence-electron chi connectivity index (χ4n) is 1.05. The SMILES string of the molecule is CC1=C\C=C\C(C)(C)N/C(N)=N\1. The molecule has 0 saturated carbocycles. The summed E-state index contributed by atoms with van der Waals surface area (Å²) in [6, 6.07) is 0. The minimum absolute atomic E-state index is 0.120. The van der Waals surface area contributed by atoms with Crippen LogP contribution < -0.4 is 11.1 Å². The van der Waals surface area contributed by atoms with Gasteiger partial charge in [0.25, 0.3) is 0 Å². The van der Waals surface area contributed by atoms with Crippen molar-refractivity contribution in [3.05, 3.63) is 23.9 Å². The van der Waals surface area contributed by atoms with Crippen molar-refractivity contribution in [1.29, 1.82) is 0 Å². The van der Waals surface area contributed by atoms with E-state index in [1.807, 2.05) is 32.9 Å². The lowest BCUT2D eigenvalue weighted by molar-refractivity contribution is 0.572. The molecule has 0 amide bonds. The second-order valence-electron chi connectivity index (χ2n) is 3.51. The van der Waals surface area contributed by atoms with Gasteiger partial charge in [-0.05, 0) is 26.8 Å². The molecule has 3 nitrogen and oxygen atoms in total. The molecule has 0 fully saturated rings. The van der Waals surface area contributed by atoms with Crippen LogP contribution >= 0.6 is 0 Å². The molecule has 3 heteroatoms. The zero-order valence-corrected chi connectivity index (χ0v) is 7.76. The van der Waals surface area contributed by atoms with Gasteiger partial charge in [0.15, 0.2) is 5.96 Å². The average Bonchev–Trinajstić information content (AvgIpc) is 1.81. The second-order valence-corrected chi connectivity index (χ2v) is 3.51. The van der Waals surface area contributed by atoms with Crippen molar-refractivity contribution in [3.8, 4) is 0 Å². The molecule has 0 saturated heterocycles. The molecule has 1 aliphatic rings. The monoisotopic (exact) mass is 165 g/mol. The Kier molecular flexibility index (Phi) is 2.22. The van der Waals surface area contributed by atoms with Crippen LogP contribution in [0.15, 0.2) is 28.9 Å². The second kappa shape index (κ2) is 3.01. The van der Waals surface area contributed by atoms with Crippen LogP contribution in [-0.4, -0.2) is 11.5 Å². The molecule has 1 rings (SSSR count). The van der Waals surface area contributed by atoms with E-state index in [2.05, 4.69) is 16.4 Å². The van der Waals surface area contributed by atoms with E-state index in [0.717, 1.165) is 5.70 Å². The molecular formula is C9H15N3. The Balaban J connectivity index is 2.94. The van der Waals surface area contributed by atoms with Gasteiger partial charge in [0, 0.05) is 5.70 Å². The summed E-state index contributed by atoms with van der Waals surface area (Å²) in [4.78, 5) is 4.13. The fraction of sp³-hybridized carbons (Fsp3) is 0.444. The zero-order valence-electron chi connectivity index (χ0n) is 7.76. The number of hydrogen-bond acceptors (Lipinski definition) is 3. The van der Waals surface area contributed by atoms with Gasteiger partial charge >= 0.3 is 0 Å². The van der Waals surface area contributed by atoms with Crippen LogP contribution in [0.4, 0.5) is 0 Å². The molecule has 0 radical (unpaired) electrons. The molecule has 0 aromatic carbocycles. The molecule has 1 heterocycles. The first-order chi connectivity index (χ1) is 5.49. The van der Waals surface area contributed by atoms with E-state index in [0.29, 0.717) is 5.96 Å². The molecule has 0 aromatic heterocycles. The van der Waals surface area contributed by atoms with E-state index in [4.69, 9.17) is 5.73 Å². The van der Waals surface area contributed by atoms with E-state index in [-0.39, 0.29) is 5.54 Å². The van der Waals surface area contributed by atoms with Gasteiger partial charge in [-0.1, -0.05) is 12.2 Å². The van der Waals surface area contributed by atoms with Crippen molar-refractivity contribution in [2.24, 2.45) is 10.7 Å². The highest BCUT2D eigenvalue weighted by atomic mass is 15.1. The largest absolute Gasteiger partial charge is 0.370 e. The molecule has 1 aliphatic heterocycles. The van der Waals surface area contributed by atoms with E-state index >= 15 is 0 Å². The summed E-state index contributed by atoms with van der Waals surface area (Å²) >= 11 is 0. The summed E-state index contributed by atoms with van der Waals surface area (Å²) in [5.41, 5.74) is 6.42. The average molecular weight is 165 g/mol.